The second-order valence-electron chi connectivity index (χ2n) is 4.70. The lowest BCUT2D eigenvalue weighted by molar-refractivity contribution is 0.215. The van der Waals surface area contributed by atoms with Gasteiger partial charge >= 0.3 is 0 Å². The van der Waals surface area contributed by atoms with E-state index in [4.69, 9.17) is 4.74 Å². The smallest absolute Gasteiger partial charge is 0.216 e. The molecule has 5 nitrogen and oxygen atoms in total. The Bertz CT molecular complexity index is 344. The Morgan fingerprint density at radius 1 is 1.44 bits per heavy atom. The predicted octanol–water partition coefficient (Wildman–Crippen LogP) is -0.498. The van der Waals surface area contributed by atoms with Gasteiger partial charge in [-0.3, -0.25) is 0 Å². The molecule has 0 amide bonds. The minimum Gasteiger partial charge on any atom is -0.384 e. The van der Waals surface area contributed by atoms with E-state index in [1.807, 2.05) is 6.92 Å². The van der Waals surface area contributed by atoms with E-state index in [0.29, 0.717) is 18.4 Å². The monoisotopic (exact) mass is 248 g/mol. The molecule has 0 saturated carbocycles. The van der Waals surface area contributed by atoms with Crippen molar-refractivity contribution in [2.24, 2.45) is 11.8 Å². The first-order valence-electron chi connectivity index (χ1n) is 5.75. The van der Waals surface area contributed by atoms with Crippen LogP contribution in [0.5, 0.6) is 0 Å². The molecule has 6 heteroatoms. The zero-order valence-corrected chi connectivity index (χ0v) is 10.7. The third-order valence-corrected chi connectivity index (χ3v) is 5.66. The Kier molecular flexibility index (Phi) is 3.53. The fourth-order valence-electron chi connectivity index (χ4n) is 2.80. The van der Waals surface area contributed by atoms with Gasteiger partial charge in [0.1, 0.15) is 0 Å². The van der Waals surface area contributed by atoms with Crippen molar-refractivity contribution in [1.82, 2.24) is 9.62 Å². The van der Waals surface area contributed by atoms with Crippen LogP contribution >= 0.6 is 0 Å². The van der Waals surface area contributed by atoms with Crippen LogP contribution in [0.2, 0.25) is 0 Å². The van der Waals surface area contributed by atoms with Crippen molar-refractivity contribution in [1.29, 1.82) is 0 Å². The lowest BCUT2D eigenvalue weighted by Crippen LogP contribution is -2.40. The first kappa shape index (κ1) is 12.3. The maximum Gasteiger partial charge on any atom is 0.216 e. The molecule has 94 valence electrons. The van der Waals surface area contributed by atoms with Crippen molar-refractivity contribution in [2.75, 3.05) is 39.1 Å². The summed E-state index contributed by atoms with van der Waals surface area (Å²) in [6, 6.07) is 0.127. The number of hydrogen-bond donors (Lipinski definition) is 1. The molecule has 2 aliphatic heterocycles. The number of nitrogens with one attached hydrogen (secondary N) is 1. The molecule has 2 fully saturated rings. The van der Waals surface area contributed by atoms with Crippen LogP contribution in [-0.2, 0) is 14.8 Å². The van der Waals surface area contributed by atoms with Crippen molar-refractivity contribution >= 4 is 10.0 Å². The lowest BCUT2D eigenvalue weighted by atomic mass is 9.95. The van der Waals surface area contributed by atoms with Crippen molar-refractivity contribution < 1.29 is 13.2 Å². The van der Waals surface area contributed by atoms with Crippen molar-refractivity contribution in [2.45, 2.75) is 13.0 Å². The number of fused-ring (bicyclic) bond motifs is 1. The van der Waals surface area contributed by atoms with E-state index in [0.717, 1.165) is 13.1 Å². The number of sulfonamides is 1. The Morgan fingerprint density at radius 2 is 2.19 bits per heavy atom. The van der Waals surface area contributed by atoms with Crippen LogP contribution in [0.25, 0.3) is 0 Å². The molecule has 2 saturated heterocycles. The standard InChI is InChI=1S/C10H20N2O3S/c1-8-10-6-11-5-9(10)7-12(8)16(13,14)4-3-15-2/h8-11H,3-7H2,1-2H3. The van der Waals surface area contributed by atoms with E-state index < -0.39 is 10.0 Å². The molecule has 2 aliphatic rings. The van der Waals surface area contributed by atoms with E-state index in [-0.39, 0.29) is 18.4 Å². The van der Waals surface area contributed by atoms with Gasteiger partial charge in [0.25, 0.3) is 0 Å². The van der Waals surface area contributed by atoms with E-state index in [2.05, 4.69) is 5.32 Å². The molecule has 3 atom stereocenters. The molecular weight excluding hydrogens is 228 g/mol. The number of nitrogens with zero attached hydrogens (tertiary/aromatic N) is 1. The molecule has 0 aromatic carbocycles. The number of rotatable bonds is 4. The molecule has 1 N–H and O–H groups in total. The third-order valence-electron chi connectivity index (χ3n) is 3.78. The van der Waals surface area contributed by atoms with Gasteiger partial charge < -0.3 is 10.1 Å². The highest BCUT2D eigenvalue weighted by Crippen LogP contribution is 2.34. The van der Waals surface area contributed by atoms with Gasteiger partial charge in [-0.1, -0.05) is 0 Å². The van der Waals surface area contributed by atoms with E-state index in [1.54, 1.807) is 4.31 Å². The second kappa shape index (κ2) is 4.60. The van der Waals surface area contributed by atoms with Crippen LogP contribution in [0.3, 0.4) is 0 Å². The van der Waals surface area contributed by atoms with Crippen LogP contribution in [0, 0.1) is 11.8 Å². The largest absolute Gasteiger partial charge is 0.384 e. The zero-order chi connectivity index (χ0) is 11.8. The molecule has 0 spiro atoms. The van der Waals surface area contributed by atoms with Crippen LogP contribution in [0.4, 0.5) is 0 Å². The SMILES string of the molecule is COCCS(=O)(=O)N1CC2CNCC2C1C. The average molecular weight is 248 g/mol. The predicted molar refractivity (Wildman–Crippen MR) is 61.7 cm³/mol. The van der Waals surface area contributed by atoms with E-state index >= 15 is 0 Å². The topological polar surface area (TPSA) is 58.6 Å². The van der Waals surface area contributed by atoms with Crippen LogP contribution in [0.1, 0.15) is 6.92 Å². The molecular formula is C10H20N2O3S. The highest BCUT2D eigenvalue weighted by atomic mass is 32.2. The summed E-state index contributed by atoms with van der Waals surface area (Å²) in [5, 5.41) is 3.32. The quantitative estimate of drug-likeness (QED) is 0.729. The number of methoxy groups -OCH3 is 1. The highest BCUT2D eigenvalue weighted by molar-refractivity contribution is 7.89. The summed E-state index contributed by atoms with van der Waals surface area (Å²) in [5.41, 5.74) is 0. The summed E-state index contributed by atoms with van der Waals surface area (Å²) in [6.45, 7) is 4.86. The van der Waals surface area contributed by atoms with Gasteiger partial charge in [-0.25, -0.2) is 8.42 Å². The molecule has 0 aromatic heterocycles. The van der Waals surface area contributed by atoms with Gasteiger partial charge in [-0.15, -0.1) is 0 Å². The van der Waals surface area contributed by atoms with Gasteiger partial charge in [0, 0.05) is 19.7 Å². The first-order chi connectivity index (χ1) is 7.56. The van der Waals surface area contributed by atoms with E-state index in [9.17, 15) is 8.42 Å². The minimum absolute atomic E-state index is 0.0979. The second-order valence-corrected chi connectivity index (χ2v) is 6.74. The fraction of sp³-hybridized carbons (Fsp3) is 1.00. The Hall–Kier alpha value is -0.170. The maximum atomic E-state index is 12.1. The van der Waals surface area contributed by atoms with E-state index in [1.165, 1.54) is 7.11 Å². The summed E-state index contributed by atoms with van der Waals surface area (Å²) in [7, 11) is -1.60. The summed E-state index contributed by atoms with van der Waals surface area (Å²) in [6.07, 6.45) is 0. The van der Waals surface area contributed by atoms with Gasteiger partial charge in [-0.2, -0.15) is 4.31 Å². The average Bonchev–Trinajstić information content (AvgIpc) is 2.79. The molecule has 0 radical (unpaired) electrons. The molecule has 0 bridgehead atoms. The molecule has 0 aliphatic carbocycles. The Balaban J connectivity index is 2.06. The molecule has 2 rings (SSSR count). The summed E-state index contributed by atoms with van der Waals surface area (Å²) in [5.74, 6) is 1.07. The van der Waals surface area contributed by atoms with Crippen LogP contribution < -0.4 is 5.32 Å². The molecule has 2 heterocycles. The summed E-state index contributed by atoms with van der Waals surface area (Å²) >= 11 is 0. The van der Waals surface area contributed by atoms with Crippen LogP contribution in [-0.4, -0.2) is 57.9 Å². The molecule has 3 unspecified atom stereocenters. The summed E-state index contributed by atoms with van der Waals surface area (Å²) < 4.78 is 30.6. The van der Waals surface area contributed by atoms with Gasteiger partial charge in [0.05, 0.1) is 12.4 Å². The number of ether oxygens (including phenoxy) is 1. The minimum atomic E-state index is -3.13. The normalized spacial score (nSPS) is 35.5. The highest BCUT2D eigenvalue weighted by Gasteiger charge is 2.46. The molecule has 16 heavy (non-hydrogen) atoms. The molecule has 0 aromatic rings. The Morgan fingerprint density at radius 3 is 2.81 bits per heavy atom. The Labute approximate surface area is 97.2 Å². The van der Waals surface area contributed by atoms with Crippen molar-refractivity contribution in [3.8, 4) is 0 Å². The lowest BCUT2D eigenvalue weighted by Gasteiger charge is -2.23. The fourth-order valence-corrected chi connectivity index (χ4v) is 4.49. The first-order valence-corrected chi connectivity index (χ1v) is 7.36. The van der Waals surface area contributed by atoms with Crippen molar-refractivity contribution in [3.63, 3.8) is 0 Å². The van der Waals surface area contributed by atoms with Crippen LogP contribution in [0.15, 0.2) is 0 Å². The van der Waals surface area contributed by atoms with Gasteiger partial charge in [0.15, 0.2) is 0 Å². The number of hydrogen-bond acceptors (Lipinski definition) is 4. The third kappa shape index (κ3) is 2.11. The van der Waals surface area contributed by atoms with Gasteiger partial charge in [0.2, 0.25) is 10.0 Å². The maximum absolute atomic E-state index is 12.1. The van der Waals surface area contributed by atoms with Crippen molar-refractivity contribution in [3.05, 3.63) is 0 Å². The van der Waals surface area contributed by atoms with Gasteiger partial charge in [-0.05, 0) is 31.8 Å². The zero-order valence-electron chi connectivity index (χ0n) is 9.85. The summed E-state index contributed by atoms with van der Waals surface area (Å²) in [4.78, 5) is 0.